The Morgan fingerprint density at radius 1 is 1.25 bits per heavy atom. The van der Waals surface area contributed by atoms with Crippen LogP contribution in [0.4, 0.5) is 5.69 Å². The number of nitrogens with one attached hydrogen (secondary N) is 1. The van der Waals surface area contributed by atoms with Crippen LogP contribution in [-0.4, -0.2) is 16.8 Å². The van der Waals surface area contributed by atoms with Gasteiger partial charge in [0.2, 0.25) is 5.91 Å². The van der Waals surface area contributed by atoms with E-state index in [-0.39, 0.29) is 5.91 Å². The van der Waals surface area contributed by atoms with Gasteiger partial charge in [-0.3, -0.25) is 9.69 Å². The quantitative estimate of drug-likeness (QED) is 0.671. The third-order valence-electron chi connectivity index (χ3n) is 3.84. The average molecular weight is 268 g/mol. The number of amides is 1. The Morgan fingerprint density at radius 3 is 2.80 bits per heavy atom. The molecule has 0 atom stereocenters. The van der Waals surface area contributed by atoms with E-state index in [2.05, 4.69) is 22.3 Å². The first kappa shape index (κ1) is 13.1. The molecule has 104 valence electrons. The maximum atomic E-state index is 11.7. The summed E-state index contributed by atoms with van der Waals surface area (Å²) in [5, 5.41) is 2.91. The monoisotopic (exact) mass is 268 g/mol. The zero-order valence-corrected chi connectivity index (χ0v) is 11.8. The number of hydrogen-bond acceptors (Lipinski definition) is 2. The van der Waals surface area contributed by atoms with Gasteiger partial charge in [-0.05, 0) is 43.0 Å². The first-order valence-electron chi connectivity index (χ1n) is 7.22. The fourth-order valence-corrected chi connectivity index (χ4v) is 2.63. The van der Waals surface area contributed by atoms with E-state index in [1.165, 1.54) is 24.0 Å². The second-order valence-electron chi connectivity index (χ2n) is 5.49. The van der Waals surface area contributed by atoms with Crippen LogP contribution >= 0.6 is 0 Å². The molecule has 1 aliphatic carbocycles. The van der Waals surface area contributed by atoms with E-state index in [9.17, 15) is 4.79 Å². The molecule has 2 aliphatic rings. The van der Waals surface area contributed by atoms with Gasteiger partial charge in [0.15, 0.2) is 0 Å². The Hall–Kier alpha value is -1.87. The topological polar surface area (TPSA) is 32.3 Å². The van der Waals surface area contributed by atoms with Crippen molar-refractivity contribution in [3.8, 4) is 0 Å². The molecule has 3 rings (SSSR count). The molecule has 0 saturated heterocycles. The summed E-state index contributed by atoms with van der Waals surface area (Å²) in [5.41, 5.74) is 3.64. The van der Waals surface area contributed by atoms with Crippen molar-refractivity contribution < 1.29 is 4.79 Å². The molecule has 3 nitrogen and oxygen atoms in total. The van der Waals surface area contributed by atoms with Gasteiger partial charge in [0.1, 0.15) is 0 Å². The van der Waals surface area contributed by atoms with Crippen LogP contribution in [0.3, 0.4) is 0 Å². The highest BCUT2D eigenvalue weighted by atomic mass is 16.1. The molecule has 0 aromatic heterocycles. The van der Waals surface area contributed by atoms with E-state index >= 15 is 0 Å². The zero-order valence-electron chi connectivity index (χ0n) is 11.8. The molecular weight excluding hydrogens is 248 g/mol. The fourth-order valence-electron chi connectivity index (χ4n) is 2.63. The van der Waals surface area contributed by atoms with E-state index in [1.54, 1.807) is 12.2 Å². The standard InChI is InChI=1S/C17H20N2O/c1-2-3-4-5-17(20)18-15-7-6-13-11-19(16-8-9-16)12-14(13)10-15/h2-7,10,16H,8-9,11-12H2,1H3,(H,18,20)/b3-2+,5-4+. The number of allylic oxidation sites excluding steroid dienone is 3. The maximum absolute atomic E-state index is 11.7. The molecule has 1 amide bonds. The van der Waals surface area contributed by atoms with Gasteiger partial charge in [-0.15, -0.1) is 0 Å². The number of anilines is 1. The SMILES string of the molecule is C/C=C/C=C/C(=O)Nc1ccc2c(c1)CN(C1CC1)C2. The minimum atomic E-state index is -0.0832. The summed E-state index contributed by atoms with van der Waals surface area (Å²) in [6.07, 6.45) is 9.71. The van der Waals surface area contributed by atoms with Crippen LogP contribution < -0.4 is 5.32 Å². The summed E-state index contributed by atoms with van der Waals surface area (Å²) in [4.78, 5) is 14.3. The van der Waals surface area contributed by atoms with Crippen molar-refractivity contribution in [2.24, 2.45) is 0 Å². The molecule has 1 aromatic rings. The van der Waals surface area contributed by atoms with Gasteiger partial charge in [-0.1, -0.05) is 24.3 Å². The van der Waals surface area contributed by atoms with Crippen molar-refractivity contribution >= 4 is 11.6 Å². The largest absolute Gasteiger partial charge is 0.323 e. The van der Waals surface area contributed by atoms with E-state index in [4.69, 9.17) is 0 Å². The molecule has 20 heavy (non-hydrogen) atoms. The smallest absolute Gasteiger partial charge is 0.248 e. The van der Waals surface area contributed by atoms with Crippen LogP contribution in [0.2, 0.25) is 0 Å². The summed E-state index contributed by atoms with van der Waals surface area (Å²) in [6.45, 7) is 4.02. The Balaban J connectivity index is 1.64. The number of hydrogen-bond donors (Lipinski definition) is 1. The molecule has 1 fully saturated rings. The number of carbonyl (C=O) groups excluding carboxylic acids is 1. The van der Waals surface area contributed by atoms with E-state index in [0.29, 0.717) is 0 Å². The highest BCUT2D eigenvalue weighted by molar-refractivity contribution is 5.99. The van der Waals surface area contributed by atoms with Gasteiger partial charge < -0.3 is 5.32 Å². The number of nitrogens with zero attached hydrogens (tertiary/aromatic N) is 1. The summed E-state index contributed by atoms with van der Waals surface area (Å²) in [7, 11) is 0. The van der Waals surface area contributed by atoms with Crippen LogP contribution in [0, 0.1) is 0 Å². The highest BCUT2D eigenvalue weighted by Gasteiger charge is 2.32. The molecular formula is C17H20N2O. The Kier molecular flexibility index (Phi) is 3.70. The summed E-state index contributed by atoms with van der Waals surface area (Å²) >= 11 is 0. The number of fused-ring (bicyclic) bond motifs is 1. The number of carbonyl (C=O) groups is 1. The van der Waals surface area contributed by atoms with Gasteiger partial charge in [0.05, 0.1) is 0 Å². The van der Waals surface area contributed by atoms with Gasteiger partial charge >= 0.3 is 0 Å². The summed E-state index contributed by atoms with van der Waals surface area (Å²) in [6, 6.07) is 7.04. The lowest BCUT2D eigenvalue weighted by atomic mass is 10.1. The lowest BCUT2D eigenvalue weighted by molar-refractivity contribution is -0.111. The summed E-state index contributed by atoms with van der Waals surface area (Å²) in [5.74, 6) is -0.0832. The van der Waals surface area contributed by atoms with Crippen LogP contribution in [-0.2, 0) is 17.9 Å². The molecule has 0 radical (unpaired) electrons. The van der Waals surface area contributed by atoms with Gasteiger partial charge in [-0.2, -0.15) is 0 Å². The second-order valence-corrected chi connectivity index (χ2v) is 5.49. The molecule has 0 spiro atoms. The average Bonchev–Trinajstić information content (AvgIpc) is 3.19. The van der Waals surface area contributed by atoms with E-state index in [0.717, 1.165) is 24.8 Å². The second kappa shape index (κ2) is 5.63. The van der Waals surface area contributed by atoms with Crippen LogP contribution in [0.25, 0.3) is 0 Å². The van der Waals surface area contributed by atoms with Crippen molar-refractivity contribution in [2.75, 3.05) is 5.32 Å². The zero-order chi connectivity index (χ0) is 13.9. The Morgan fingerprint density at radius 2 is 2.05 bits per heavy atom. The van der Waals surface area contributed by atoms with E-state index in [1.807, 2.05) is 25.1 Å². The maximum Gasteiger partial charge on any atom is 0.248 e. The third kappa shape index (κ3) is 2.99. The molecule has 1 saturated carbocycles. The molecule has 0 unspecified atom stereocenters. The first-order chi connectivity index (χ1) is 9.76. The van der Waals surface area contributed by atoms with Crippen molar-refractivity contribution in [1.29, 1.82) is 0 Å². The molecule has 1 aliphatic heterocycles. The number of benzene rings is 1. The fraction of sp³-hybridized carbons (Fsp3) is 0.353. The van der Waals surface area contributed by atoms with Gasteiger partial charge in [0.25, 0.3) is 0 Å². The van der Waals surface area contributed by atoms with Crippen LogP contribution in [0.15, 0.2) is 42.5 Å². The van der Waals surface area contributed by atoms with Gasteiger partial charge in [-0.25, -0.2) is 0 Å². The molecule has 1 aromatic carbocycles. The van der Waals surface area contributed by atoms with Crippen molar-refractivity contribution in [3.05, 3.63) is 53.6 Å². The predicted molar refractivity (Wildman–Crippen MR) is 81.3 cm³/mol. The van der Waals surface area contributed by atoms with E-state index < -0.39 is 0 Å². The molecule has 0 bridgehead atoms. The van der Waals surface area contributed by atoms with Crippen LogP contribution in [0.1, 0.15) is 30.9 Å². The van der Waals surface area contributed by atoms with Crippen molar-refractivity contribution in [3.63, 3.8) is 0 Å². The molecule has 3 heteroatoms. The summed E-state index contributed by atoms with van der Waals surface area (Å²) < 4.78 is 0. The van der Waals surface area contributed by atoms with Crippen LogP contribution in [0.5, 0.6) is 0 Å². The lowest BCUT2D eigenvalue weighted by Crippen LogP contribution is -2.18. The molecule has 1 heterocycles. The highest BCUT2D eigenvalue weighted by Crippen LogP contribution is 2.35. The predicted octanol–water partition coefficient (Wildman–Crippen LogP) is 3.24. The first-order valence-corrected chi connectivity index (χ1v) is 7.22. The van der Waals surface area contributed by atoms with Gasteiger partial charge in [0, 0.05) is 30.9 Å². The minimum Gasteiger partial charge on any atom is -0.323 e. The lowest BCUT2D eigenvalue weighted by Gasteiger charge is -2.11. The van der Waals surface area contributed by atoms with Crippen molar-refractivity contribution in [2.45, 2.75) is 38.9 Å². The Labute approximate surface area is 120 Å². The minimum absolute atomic E-state index is 0.0832. The molecule has 1 N–H and O–H groups in total. The van der Waals surface area contributed by atoms with Crippen molar-refractivity contribution in [1.82, 2.24) is 4.90 Å². The number of rotatable bonds is 4. The normalized spacial score (nSPS) is 18.9. The third-order valence-corrected chi connectivity index (χ3v) is 3.84. The Bertz CT molecular complexity index is 570.